The first-order valence-electron chi connectivity index (χ1n) is 12.1. The maximum Gasteiger partial charge on any atom is 0.407 e. The number of aliphatic carboxylic acids is 1. The van der Waals surface area contributed by atoms with Crippen molar-refractivity contribution in [1.29, 1.82) is 0 Å². The third-order valence-corrected chi connectivity index (χ3v) is 7.07. The minimum atomic E-state index is -1.04. The standard InChI is InChI=1S/C27H32N2O5/c1-2-29(16-26(31)32)25(30)15-24(18-9-3-4-10-18)28-27(33)34-17-23-21-13-7-5-11-19(21)20-12-6-8-14-22(20)23/h5-8,11-14,18,23-24H,2-4,9-10,15-17H2,1H3,(H,28,33)(H,31,32). The van der Waals surface area contributed by atoms with Crippen LogP contribution in [0.3, 0.4) is 0 Å². The van der Waals surface area contributed by atoms with Crippen LogP contribution in [0.15, 0.2) is 48.5 Å². The fraction of sp³-hybridized carbons (Fsp3) is 0.444. The number of alkyl carbamates (subject to hydrolysis) is 1. The Morgan fingerprint density at radius 3 is 2.18 bits per heavy atom. The number of ether oxygens (including phenoxy) is 1. The summed E-state index contributed by atoms with van der Waals surface area (Å²) in [7, 11) is 0. The number of carboxylic acids is 1. The molecule has 34 heavy (non-hydrogen) atoms. The van der Waals surface area contributed by atoms with Gasteiger partial charge in [-0.05, 0) is 47.9 Å². The molecule has 1 atom stereocenters. The van der Waals surface area contributed by atoms with Gasteiger partial charge in [0.15, 0.2) is 0 Å². The molecule has 4 rings (SSSR count). The Kier molecular flexibility index (Phi) is 7.50. The maximum atomic E-state index is 12.8. The van der Waals surface area contributed by atoms with E-state index in [0.717, 1.165) is 36.8 Å². The normalized spacial score (nSPS) is 15.9. The van der Waals surface area contributed by atoms with E-state index in [1.54, 1.807) is 6.92 Å². The zero-order valence-electron chi connectivity index (χ0n) is 19.5. The van der Waals surface area contributed by atoms with Gasteiger partial charge in [0.1, 0.15) is 13.2 Å². The van der Waals surface area contributed by atoms with Gasteiger partial charge in [-0.25, -0.2) is 4.79 Å². The molecule has 1 fully saturated rings. The third kappa shape index (κ3) is 5.24. The highest BCUT2D eigenvalue weighted by atomic mass is 16.5. The van der Waals surface area contributed by atoms with E-state index in [4.69, 9.17) is 9.84 Å². The van der Waals surface area contributed by atoms with E-state index in [9.17, 15) is 14.4 Å². The lowest BCUT2D eigenvalue weighted by Crippen LogP contribution is -2.45. The number of fused-ring (bicyclic) bond motifs is 3. The summed E-state index contributed by atoms with van der Waals surface area (Å²) in [6.45, 7) is 1.95. The van der Waals surface area contributed by atoms with E-state index < -0.39 is 12.1 Å². The van der Waals surface area contributed by atoms with Gasteiger partial charge in [0.05, 0.1) is 0 Å². The average Bonchev–Trinajstić information content (AvgIpc) is 3.47. The van der Waals surface area contributed by atoms with Crippen molar-refractivity contribution in [3.8, 4) is 11.1 Å². The number of amides is 2. The zero-order chi connectivity index (χ0) is 24.1. The molecule has 2 aliphatic carbocycles. The summed E-state index contributed by atoms with van der Waals surface area (Å²) in [4.78, 5) is 38.0. The molecule has 2 aliphatic rings. The number of rotatable bonds is 9. The van der Waals surface area contributed by atoms with E-state index in [0.29, 0.717) is 6.54 Å². The smallest absolute Gasteiger partial charge is 0.407 e. The van der Waals surface area contributed by atoms with Crippen molar-refractivity contribution in [2.45, 2.75) is 51.0 Å². The van der Waals surface area contributed by atoms with Crippen LogP contribution in [0.25, 0.3) is 11.1 Å². The van der Waals surface area contributed by atoms with Crippen molar-refractivity contribution in [3.05, 3.63) is 59.7 Å². The zero-order valence-corrected chi connectivity index (χ0v) is 19.5. The van der Waals surface area contributed by atoms with Crippen molar-refractivity contribution < 1.29 is 24.2 Å². The van der Waals surface area contributed by atoms with Crippen LogP contribution >= 0.6 is 0 Å². The lowest BCUT2D eigenvalue weighted by atomic mass is 9.95. The van der Waals surface area contributed by atoms with Crippen molar-refractivity contribution in [1.82, 2.24) is 10.2 Å². The second-order valence-electron chi connectivity index (χ2n) is 9.13. The number of hydrogen-bond acceptors (Lipinski definition) is 4. The first-order valence-corrected chi connectivity index (χ1v) is 12.1. The van der Waals surface area contributed by atoms with Crippen molar-refractivity contribution >= 4 is 18.0 Å². The minimum absolute atomic E-state index is 0.0316. The van der Waals surface area contributed by atoms with Crippen molar-refractivity contribution in [3.63, 3.8) is 0 Å². The Morgan fingerprint density at radius 2 is 1.62 bits per heavy atom. The van der Waals surface area contributed by atoms with Crippen LogP contribution in [0.2, 0.25) is 0 Å². The number of likely N-dealkylation sites (N-methyl/N-ethyl adjacent to an activating group) is 1. The molecule has 0 spiro atoms. The van der Waals surface area contributed by atoms with Gasteiger partial charge in [-0.15, -0.1) is 0 Å². The molecule has 0 aliphatic heterocycles. The molecule has 1 saturated carbocycles. The van der Waals surface area contributed by atoms with Gasteiger partial charge in [0.2, 0.25) is 5.91 Å². The highest BCUT2D eigenvalue weighted by Crippen LogP contribution is 2.44. The quantitative estimate of drug-likeness (QED) is 0.573. The van der Waals surface area contributed by atoms with Crippen LogP contribution in [0.5, 0.6) is 0 Å². The minimum Gasteiger partial charge on any atom is -0.480 e. The molecule has 1 unspecified atom stereocenters. The molecular formula is C27H32N2O5. The van der Waals surface area contributed by atoms with Crippen LogP contribution in [-0.2, 0) is 14.3 Å². The summed E-state index contributed by atoms with van der Waals surface area (Å²) in [6.07, 6.45) is 3.55. The lowest BCUT2D eigenvalue weighted by molar-refractivity contribution is -0.144. The number of carboxylic acid groups (broad SMARTS) is 1. The van der Waals surface area contributed by atoms with E-state index >= 15 is 0 Å². The van der Waals surface area contributed by atoms with Gasteiger partial charge in [-0.2, -0.15) is 0 Å². The molecule has 7 heteroatoms. The fourth-order valence-corrected chi connectivity index (χ4v) is 5.34. The molecule has 7 nitrogen and oxygen atoms in total. The predicted octanol–water partition coefficient (Wildman–Crippen LogP) is 4.41. The molecule has 0 bridgehead atoms. The molecule has 0 aromatic heterocycles. The number of benzene rings is 2. The van der Waals surface area contributed by atoms with Gasteiger partial charge in [0.25, 0.3) is 0 Å². The molecule has 0 heterocycles. The Hall–Kier alpha value is -3.35. The SMILES string of the molecule is CCN(CC(=O)O)C(=O)CC(NC(=O)OCC1c2ccccc2-c2ccccc21)C1CCCC1. The lowest BCUT2D eigenvalue weighted by Gasteiger charge is -2.27. The Morgan fingerprint density at radius 1 is 1.03 bits per heavy atom. The van der Waals surface area contributed by atoms with E-state index in [1.165, 1.54) is 16.0 Å². The van der Waals surface area contributed by atoms with Crippen LogP contribution in [0.4, 0.5) is 4.79 Å². The molecule has 2 aromatic carbocycles. The van der Waals surface area contributed by atoms with Gasteiger partial charge in [-0.1, -0.05) is 61.4 Å². The van der Waals surface area contributed by atoms with Crippen LogP contribution in [0.1, 0.15) is 56.1 Å². The Bertz CT molecular complexity index is 1000. The first kappa shape index (κ1) is 23.8. The molecule has 0 radical (unpaired) electrons. The second-order valence-corrected chi connectivity index (χ2v) is 9.13. The summed E-state index contributed by atoms with van der Waals surface area (Å²) in [5.41, 5.74) is 4.62. The summed E-state index contributed by atoms with van der Waals surface area (Å²) in [5.74, 6) is -1.15. The summed E-state index contributed by atoms with van der Waals surface area (Å²) in [5, 5.41) is 12.0. The predicted molar refractivity (Wildman–Crippen MR) is 128 cm³/mol. The molecular weight excluding hydrogens is 432 g/mol. The third-order valence-electron chi connectivity index (χ3n) is 7.07. The molecule has 2 amide bonds. The number of carbonyl (C=O) groups is 3. The molecule has 2 aromatic rings. The van der Waals surface area contributed by atoms with Crippen LogP contribution < -0.4 is 5.32 Å². The molecule has 2 N–H and O–H groups in total. The van der Waals surface area contributed by atoms with E-state index in [2.05, 4.69) is 29.6 Å². The number of carbonyl (C=O) groups excluding carboxylic acids is 2. The van der Waals surface area contributed by atoms with Crippen molar-refractivity contribution in [2.24, 2.45) is 5.92 Å². The number of nitrogens with zero attached hydrogens (tertiary/aromatic N) is 1. The molecule has 0 saturated heterocycles. The molecule has 180 valence electrons. The monoisotopic (exact) mass is 464 g/mol. The van der Waals surface area contributed by atoms with Gasteiger partial charge < -0.3 is 20.1 Å². The number of nitrogens with one attached hydrogen (secondary N) is 1. The first-order chi connectivity index (χ1) is 16.5. The van der Waals surface area contributed by atoms with Crippen LogP contribution in [-0.4, -0.2) is 53.7 Å². The summed E-state index contributed by atoms with van der Waals surface area (Å²) in [6, 6.07) is 16.0. The van der Waals surface area contributed by atoms with Gasteiger partial charge in [-0.3, -0.25) is 9.59 Å². The Balaban J connectivity index is 1.41. The highest BCUT2D eigenvalue weighted by Gasteiger charge is 2.32. The Labute approximate surface area is 200 Å². The van der Waals surface area contributed by atoms with Crippen molar-refractivity contribution in [2.75, 3.05) is 19.7 Å². The van der Waals surface area contributed by atoms with E-state index in [1.807, 2.05) is 24.3 Å². The number of hydrogen-bond donors (Lipinski definition) is 2. The van der Waals surface area contributed by atoms with Gasteiger partial charge >= 0.3 is 12.1 Å². The largest absolute Gasteiger partial charge is 0.480 e. The maximum absolute atomic E-state index is 12.8. The highest BCUT2D eigenvalue weighted by molar-refractivity contribution is 5.82. The van der Waals surface area contributed by atoms with Gasteiger partial charge in [0, 0.05) is 24.9 Å². The second kappa shape index (κ2) is 10.7. The summed E-state index contributed by atoms with van der Waals surface area (Å²) < 4.78 is 5.69. The topological polar surface area (TPSA) is 95.9 Å². The summed E-state index contributed by atoms with van der Waals surface area (Å²) >= 11 is 0. The van der Waals surface area contributed by atoms with E-state index in [-0.39, 0.29) is 43.4 Å². The average molecular weight is 465 g/mol. The van der Waals surface area contributed by atoms with Crippen LogP contribution in [0, 0.1) is 5.92 Å². The fourth-order valence-electron chi connectivity index (χ4n) is 5.34.